The number of ether oxygens (including phenoxy) is 1. The van der Waals surface area contributed by atoms with E-state index in [-0.39, 0.29) is 6.04 Å². The summed E-state index contributed by atoms with van der Waals surface area (Å²) in [7, 11) is 0. The fourth-order valence-corrected chi connectivity index (χ4v) is 0.868. The first kappa shape index (κ1) is 7.26. The van der Waals surface area contributed by atoms with E-state index < -0.39 is 0 Å². The number of hydrogen-bond acceptors (Lipinski definition) is 3. The van der Waals surface area contributed by atoms with Crippen LogP contribution in [0.1, 0.15) is 0 Å². The maximum absolute atomic E-state index is 8.19. The average Bonchev–Trinajstić information content (AvgIpc) is 2.03. The molecule has 0 spiro atoms. The minimum absolute atomic E-state index is 0.230. The van der Waals surface area contributed by atoms with Gasteiger partial charge in [0.1, 0.15) is 0 Å². The monoisotopic (exact) mass is 138 g/mol. The molecule has 1 N–H and O–H groups in total. The average molecular weight is 138 g/mol. The first-order valence-corrected chi connectivity index (χ1v) is 3.31. The molecule has 1 aliphatic heterocycles. The predicted molar refractivity (Wildman–Crippen MR) is 37.4 cm³/mol. The van der Waals surface area contributed by atoms with Crippen LogP contribution in [0.25, 0.3) is 0 Å². The Hall–Kier alpha value is -0.850. The van der Waals surface area contributed by atoms with Crippen molar-refractivity contribution in [3.05, 3.63) is 12.2 Å². The van der Waals surface area contributed by atoms with Crippen LogP contribution in [0, 0.1) is 11.3 Å². The van der Waals surface area contributed by atoms with E-state index in [0.717, 1.165) is 13.2 Å². The van der Waals surface area contributed by atoms with Crippen molar-refractivity contribution >= 4 is 0 Å². The molecular formula is C7H10N2O. The van der Waals surface area contributed by atoms with Gasteiger partial charge in [0.15, 0.2) is 0 Å². The van der Waals surface area contributed by atoms with Gasteiger partial charge in [0.2, 0.25) is 0 Å². The van der Waals surface area contributed by atoms with E-state index in [1.807, 2.05) is 12.1 Å². The summed E-state index contributed by atoms with van der Waals surface area (Å²) in [4.78, 5) is 0. The Morgan fingerprint density at radius 2 is 2.60 bits per heavy atom. The molecule has 54 valence electrons. The summed E-state index contributed by atoms with van der Waals surface area (Å²) in [6, 6.07) is 2.17. The van der Waals surface area contributed by atoms with Crippen LogP contribution in [-0.4, -0.2) is 25.8 Å². The van der Waals surface area contributed by atoms with Crippen LogP contribution in [0.4, 0.5) is 0 Å². The smallest absolute Gasteiger partial charge is 0.0909 e. The van der Waals surface area contributed by atoms with Crippen LogP contribution >= 0.6 is 0 Å². The lowest BCUT2D eigenvalue weighted by Crippen LogP contribution is -2.39. The first-order chi connectivity index (χ1) is 4.93. The molecule has 1 rings (SSSR count). The number of nitrogens with one attached hydrogen (secondary N) is 1. The molecule has 0 saturated carbocycles. The minimum Gasteiger partial charge on any atom is -0.378 e. The largest absolute Gasteiger partial charge is 0.378 e. The Kier molecular flexibility index (Phi) is 2.94. The molecule has 1 saturated heterocycles. The van der Waals surface area contributed by atoms with Crippen LogP contribution in [0.3, 0.4) is 0 Å². The van der Waals surface area contributed by atoms with E-state index in [2.05, 4.69) is 5.32 Å². The highest BCUT2D eigenvalue weighted by molar-refractivity contribution is 5.06. The van der Waals surface area contributed by atoms with Crippen molar-refractivity contribution in [2.75, 3.05) is 19.8 Å². The molecule has 1 atom stereocenters. The zero-order chi connectivity index (χ0) is 7.23. The van der Waals surface area contributed by atoms with Gasteiger partial charge in [-0.25, -0.2) is 0 Å². The summed E-state index contributed by atoms with van der Waals surface area (Å²) in [5.74, 6) is 0. The SMILES string of the molecule is N#CC=CC1COCCN1. The van der Waals surface area contributed by atoms with Gasteiger partial charge >= 0.3 is 0 Å². The molecule has 10 heavy (non-hydrogen) atoms. The summed E-state index contributed by atoms with van der Waals surface area (Å²) in [6.07, 6.45) is 3.30. The second-order valence-electron chi connectivity index (χ2n) is 2.12. The number of allylic oxidation sites excluding steroid dienone is 1. The number of morpholine rings is 1. The van der Waals surface area contributed by atoms with E-state index in [1.54, 1.807) is 0 Å². The van der Waals surface area contributed by atoms with E-state index >= 15 is 0 Å². The maximum atomic E-state index is 8.19. The molecular weight excluding hydrogens is 128 g/mol. The molecule has 0 aromatic heterocycles. The number of nitriles is 1. The molecule has 0 aromatic rings. The Morgan fingerprint density at radius 1 is 1.70 bits per heavy atom. The third-order valence-electron chi connectivity index (χ3n) is 1.35. The van der Waals surface area contributed by atoms with Crippen molar-refractivity contribution < 1.29 is 4.74 Å². The van der Waals surface area contributed by atoms with Crippen LogP contribution < -0.4 is 5.32 Å². The highest BCUT2D eigenvalue weighted by Crippen LogP contribution is 1.93. The van der Waals surface area contributed by atoms with E-state index in [0.29, 0.717) is 6.61 Å². The van der Waals surface area contributed by atoms with Crippen LogP contribution in [0.15, 0.2) is 12.2 Å². The summed E-state index contributed by atoms with van der Waals surface area (Å²) in [5.41, 5.74) is 0. The molecule has 0 aliphatic carbocycles. The molecule has 1 fully saturated rings. The number of rotatable bonds is 1. The molecule has 1 heterocycles. The Morgan fingerprint density at radius 3 is 3.20 bits per heavy atom. The number of hydrogen-bond donors (Lipinski definition) is 1. The quantitative estimate of drug-likeness (QED) is 0.521. The highest BCUT2D eigenvalue weighted by atomic mass is 16.5. The molecule has 3 nitrogen and oxygen atoms in total. The van der Waals surface area contributed by atoms with E-state index in [1.165, 1.54) is 6.08 Å². The van der Waals surface area contributed by atoms with Gasteiger partial charge in [-0.3, -0.25) is 0 Å². The highest BCUT2D eigenvalue weighted by Gasteiger charge is 2.07. The van der Waals surface area contributed by atoms with Crippen molar-refractivity contribution in [3.63, 3.8) is 0 Å². The summed E-state index contributed by atoms with van der Waals surface area (Å²) < 4.78 is 5.16. The summed E-state index contributed by atoms with van der Waals surface area (Å²) >= 11 is 0. The van der Waals surface area contributed by atoms with E-state index in [9.17, 15) is 0 Å². The summed E-state index contributed by atoms with van der Waals surface area (Å²) in [6.45, 7) is 2.33. The molecule has 1 unspecified atom stereocenters. The second-order valence-corrected chi connectivity index (χ2v) is 2.12. The van der Waals surface area contributed by atoms with E-state index in [4.69, 9.17) is 10.00 Å². The fourth-order valence-electron chi connectivity index (χ4n) is 0.868. The van der Waals surface area contributed by atoms with Crippen LogP contribution in [-0.2, 0) is 4.74 Å². The fraction of sp³-hybridized carbons (Fsp3) is 0.571. The minimum atomic E-state index is 0.230. The van der Waals surface area contributed by atoms with Crippen molar-refractivity contribution in [3.8, 4) is 6.07 Å². The van der Waals surface area contributed by atoms with Gasteiger partial charge in [-0.15, -0.1) is 0 Å². The van der Waals surface area contributed by atoms with Gasteiger partial charge in [0.05, 0.1) is 19.3 Å². The predicted octanol–water partition coefficient (Wildman–Crippen LogP) is 0.0546. The molecule has 0 bridgehead atoms. The molecule has 1 aliphatic rings. The standard InChI is InChI=1S/C7H10N2O/c8-3-1-2-7-6-10-5-4-9-7/h1-2,7,9H,4-6H2. The van der Waals surface area contributed by atoms with Gasteiger partial charge in [-0.1, -0.05) is 6.08 Å². The van der Waals surface area contributed by atoms with Crippen LogP contribution in [0.5, 0.6) is 0 Å². The second kappa shape index (κ2) is 4.04. The van der Waals surface area contributed by atoms with Crippen molar-refractivity contribution in [1.82, 2.24) is 5.32 Å². The Balaban J connectivity index is 2.27. The number of nitrogens with zero attached hydrogens (tertiary/aromatic N) is 1. The van der Waals surface area contributed by atoms with Gasteiger partial charge in [-0.2, -0.15) is 5.26 Å². The van der Waals surface area contributed by atoms with Crippen LogP contribution in [0.2, 0.25) is 0 Å². The lowest BCUT2D eigenvalue weighted by atomic mass is 10.2. The summed E-state index contributed by atoms with van der Waals surface area (Å²) in [5, 5.41) is 11.4. The van der Waals surface area contributed by atoms with Crippen molar-refractivity contribution in [2.45, 2.75) is 6.04 Å². The van der Waals surface area contributed by atoms with Gasteiger partial charge in [-0.05, 0) is 0 Å². The zero-order valence-electron chi connectivity index (χ0n) is 5.71. The van der Waals surface area contributed by atoms with Crippen molar-refractivity contribution in [1.29, 1.82) is 5.26 Å². The van der Waals surface area contributed by atoms with Crippen molar-refractivity contribution in [2.24, 2.45) is 0 Å². The Labute approximate surface area is 60.3 Å². The van der Waals surface area contributed by atoms with Gasteiger partial charge in [0, 0.05) is 18.7 Å². The molecule has 0 amide bonds. The zero-order valence-corrected chi connectivity index (χ0v) is 5.71. The topological polar surface area (TPSA) is 45.0 Å². The normalized spacial score (nSPS) is 26.5. The molecule has 0 aromatic carbocycles. The maximum Gasteiger partial charge on any atom is 0.0909 e. The van der Waals surface area contributed by atoms with Gasteiger partial charge < -0.3 is 10.1 Å². The third-order valence-corrected chi connectivity index (χ3v) is 1.35. The molecule has 3 heteroatoms. The molecule has 0 radical (unpaired) electrons. The lowest BCUT2D eigenvalue weighted by Gasteiger charge is -2.20. The lowest BCUT2D eigenvalue weighted by molar-refractivity contribution is 0.0901. The third kappa shape index (κ3) is 2.18. The van der Waals surface area contributed by atoms with Gasteiger partial charge in [0.25, 0.3) is 0 Å². The Bertz CT molecular complexity index is 153. The first-order valence-electron chi connectivity index (χ1n) is 3.31.